The van der Waals surface area contributed by atoms with E-state index in [4.69, 9.17) is 0 Å². The van der Waals surface area contributed by atoms with E-state index in [1.807, 2.05) is 6.20 Å². The number of nitrogens with zero attached hydrogens (tertiary/aromatic N) is 2. The van der Waals surface area contributed by atoms with Gasteiger partial charge in [0.15, 0.2) is 0 Å². The summed E-state index contributed by atoms with van der Waals surface area (Å²) in [5.74, 6) is 0.982. The van der Waals surface area contributed by atoms with Crippen molar-refractivity contribution in [2.75, 3.05) is 31.5 Å². The Morgan fingerprint density at radius 2 is 1.89 bits per heavy atom. The van der Waals surface area contributed by atoms with Crippen molar-refractivity contribution < 1.29 is 0 Å². The lowest BCUT2D eigenvalue weighted by molar-refractivity contribution is 0.278. The molecule has 1 N–H and O–H groups in total. The number of unbranched alkanes of at least 4 members (excludes halogenated alkanes) is 2. The summed E-state index contributed by atoms with van der Waals surface area (Å²) in [5, 5.41) is 3.40. The zero-order valence-corrected chi connectivity index (χ0v) is 12.8. The highest BCUT2D eigenvalue weighted by Gasteiger charge is 2.03. The fourth-order valence-corrected chi connectivity index (χ4v) is 2.15. The van der Waals surface area contributed by atoms with Crippen LogP contribution in [0.1, 0.15) is 45.1 Å². The number of rotatable bonds is 10. The predicted octanol–water partition coefficient (Wildman–Crippen LogP) is 3.70. The Bertz CT molecular complexity index is 321. The quantitative estimate of drug-likeness (QED) is 0.652. The van der Waals surface area contributed by atoms with Crippen LogP contribution in [-0.2, 0) is 0 Å². The van der Waals surface area contributed by atoms with Gasteiger partial charge < -0.3 is 10.2 Å². The molecule has 0 bridgehead atoms. The van der Waals surface area contributed by atoms with Crippen molar-refractivity contribution in [2.24, 2.45) is 0 Å². The second-order valence-corrected chi connectivity index (χ2v) is 5.20. The monoisotopic (exact) mass is 263 g/mol. The Morgan fingerprint density at radius 1 is 1.05 bits per heavy atom. The Morgan fingerprint density at radius 3 is 2.53 bits per heavy atom. The third-order valence-corrected chi connectivity index (χ3v) is 3.26. The SMILES string of the molecule is CCCCCN(CCC)CCNc1ccc(C)cn1. The molecule has 0 aliphatic rings. The highest BCUT2D eigenvalue weighted by molar-refractivity contribution is 5.34. The van der Waals surface area contributed by atoms with Crippen LogP contribution in [0.2, 0.25) is 0 Å². The third-order valence-electron chi connectivity index (χ3n) is 3.26. The van der Waals surface area contributed by atoms with Crippen LogP contribution >= 0.6 is 0 Å². The van der Waals surface area contributed by atoms with E-state index in [9.17, 15) is 0 Å². The van der Waals surface area contributed by atoms with Crippen molar-refractivity contribution in [1.82, 2.24) is 9.88 Å². The van der Waals surface area contributed by atoms with Crippen molar-refractivity contribution in [3.05, 3.63) is 23.9 Å². The second kappa shape index (κ2) is 9.79. The molecule has 1 aromatic rings. The molecule has 0 saturated heterocycles. The Kier molecular flexibility index (Phi) is 8.23. The summed E-state index contributed by atoms with van der Waals surface area (Å²) in [6.07, 6.45) is 7.10. The van der Waals surface area contributed by atoms with Crippen molar-refractivity contribution >= 4 is 5.82 Å². The lowest BCUT2D eigenvalue weighted by Crippen LogP contribution is -2.31. The van der Waals surface area contributed by atoms with E-state index < -0.39 is 0 Å². The van der Waals surface area contributed by atoms with Gasteiger partial charge in [-0.15, -0.1) is 0 Å². The minimum Gasteiger partial charge on any atom is -0.369 e. The maximum atomic E-state index is 4.37. The van der Waals surface area contributed by atoms with Crippen LogP contribution in [0.5, 0.6) is 0 Å². The summed E-state index contributed by atoms with van der Waals surface area (Å²) < 4.78 is 0. The maximum Gasteiger partial charge on any atom is 0.125 e. The summed E-state index contributed by atoms with van der Waals surface area (Å²) in [4.78, 5) is 6.92. The summed E-state index contributed by atoms with van der Waals surface area (Å²) in [6.45, 7) is 11.1. The number of aryl methyl sites for hydroxylation is 1. The summed E-state index contributed by atoms with van der Waals surface area (Å²) >= 11 is 0. The lowest BCUT2D eigenvalue weighted by atomic mass is 10.2. The van der Waals surface area contributed by atoms with Crippen molar-refractivity contribution in [3.8, 4) is 0 Å². The minimum absolute atomic E-state index is 0.974. The van der Waals surface area contributed by atoms with Crippen LogP contribution in [-0.4, -0.2) is 36.1 Å². The zero-order chi connectivity index (χ0) is 13.9. The standard InChI is InChI=1S/C16H29N3/c1-4-6-7-12-19(11-5-2)13-10-17-16-9-8-15(3)14-18-16/h8-9,14H,4-7,10-13H2,1-3H3,(H,17,18). The molecule has 0 spiro atoms. The van der Waals surface area contributed by atoms with Gasteiger partial charge in [-0.1, -0.05) is 32.8 Å². The van der Waals surface area contributed by atoms with E-state index in [0.29, 0.717) is 0 Å². The van der Waals surface area contributed by atoms with E-state index in [-0.39, 0.29) is 0 Å². The maximum absolute atomic E-state index is 4.37. The summed E-state index contributed by atoms with van der Waals surface area (Å²) in [6, 6.07) is 4.15. The fraction of sp³-hybridized carbons (Fsp3) is 0.688. The van der Waals surface area contributed by atoms with Crippen LogP contribution in [0, 0.1) is 6.92 Å². The van der Waals surface area contributed by atoms with E-state index >= 15 is 0 Å². The molecule has 1 aromatic heterocycles. The van der Waals surface area contributed by atoms with Crippen LogP contribution in [0.4, 0.5) is 5.82 Å². The van der Waals surface area contributed by atoms with Gasteiger partial charge in [-0.05, 0) is 44.5 Å². The Hall–Kier alpha value is -1.09. The van der Waals surface area contributed by atoms with Gasteiger partial charge in [0.2, 0.25) is 0 Å². The summed E-state index contributed by atoms with van der Waals surface area (Å²) in [7, 11) is 0. The van der Waals surface area contributed by atoms with Crippen molar-refractivity contribution in [2.45, 2.75) is 46.5 Å². The van der Waals surface area contributed by atoms with Crippen molar-refractivity contribution in [1.29, 1.82) is 0 Å². The van der Waals surface area contributed by atoms with Crippen LogP contribution in [0.3, 0.4) is 0 Å². The van der Waals surface area contributed by atoms with E-state index in [2.05, 4.69) is 48.1 Å². The van der Waals surface area contributed by atoms with Crippen LogP contribution in [0.15, 0.2) is 18.3 Å². The summed E-state index contributed by atoms with van der Waals surface area (Å²) in [5.41, 5.74) is 1.21. The molecule has 0 aliphatic heterocycles. The van der Waals surface area contributed by atoms with Gasteiger partial charge in [-0.25, -0.2) is 4.98 Å². The molecule has 0 saturated carbocycles. The minimum atomic E-state index is 0.974. The Balaban J connectivity index is 2.24. The predicted molar refractivity (Wildman–Crippen MR) is 83.7 cm³/mol. The zero-order valence-electron chi connectivity index (χ0n) is 12.8. The first-order valence-electron chi connectivity index (χ1n) is 7.65. The van der Waals surface area contributed by atoms with Crippen molar-refractivity contribution in [3.63, 3.8) is 0 Å². The average molecular weight is 263 g/mol. The first-order chi connectivity index (χ1) is 9.26. The van der Waals surface area contributed by atoms with Gasteiger partial charge in [0.1, 0.15) is 5.82 Å². The normalized spacial score (nSPS) is 10.9. The average Bonchev–Trinajstić information content (AvgIpc) is 2.41. The lowest BCUT2D eigenvalue weighted by Gasteiger charge is -2.21. The van der Waals surface area contributed by atoms with Gasteiger partial charge in [0, 0.05) is 19.3 Å². The molecule has 0 radical (unpaired) electrons. The van der Waals surface area contributed by atoms with Gasteiger partial charge in [0.25, 0.3) is 0 Å². The first-order valence-corrected chi connectivity index (χ1v) is 7.65. The van der Waals surface area contributed by atoms with E-state index in [1.54, 1.807) is 0 Å². The van der Waals surface area contributed by atoms with Gasteiger partial charge >= 0.3 is 0 Å². The van der Waals surface area contributed by atoms with Crippen LogP contribution < -0.4 is 5.32 Å². The molecule has 0 aromatic carbocycles. The molecular weight excluding hydrogens is 234 g/mol. The van der Waals surface area contributed by atoms with Gasteiger partial charge in [-0.2, -0.15) is 0 Å². The molecule has 1 rings (SSSR count). The molecule has 3 nitrogen and oxygen atoms in total. The van der Waals surface area contributed by atoms with Crippen LogP contribution in [0.25, 0.3) is 0 Å². The molecule has 0 atom stereocenters. The van der Waals surface area contributed by atoms with E-state index in [0.717, 1.165) is 18.9 Å². The molecular formula is C16H29N3. The number of nitrogens with one attached hydrogen (secondary N) is 1. The second-order valence-electron chi connectivity index (χ2n) is 5.20. The van der Waals surface area contributed by atoms with Gasteiger partial charge in [0.05, 0.1) is 0 Å². The Labute approximate surface area is 118 Å². The number of anilines is 1. The highest BCUT2D eigenvalue weighted by atomic mass is 15.1. The molecule has 19 heavy (non-hydrogen) atoms. The largest absolute Gasteiger partial charge is 0.369 e. The number of hydrogen-bond donors (Lipinski definition) is 1. The fourth-order valence-electron chi connectivity index (χ4n) is 2.15. The third kappa shape index (κ3) is 7.16. The highest BCUT2D eigenvalue weighted by Crippen LogP contribution is 2.04. The molecule has 0 amide bonds. The topological polar surface area (TPSA) is 28.2 Å². The van der Waals surface area contributed by atoms with E-state index in [1.165, 1.54) is 44.3 Å². The molecule has 108 valence electrons. The molecule has 0 aliphatic carbocycles. The molecule has 3 heteroatoms. The first kappa shape index (κ1) is 16.0. The number of pyridine rings is 1. The smallest absolute Gasteiger partial charge is 0.125 e. The molecule has 1 heterocycles. The number of hydrogen-bond acceptors (Lipinski definition) is 3. The molecule has 0 unspecified atom stereocenters. The number of aromatic nitrogens is 1. The van der Waals surface area contributed by atoms with Gasteiger partial charge in [-0.3, -0.25) is 0 Å². The molecule has 0 fully saturated rings.